The normalized spacial score (nSPS) is 20.4. The number of benzene rings is 1. The number of nitrogen functional groups attached to an aromatic ring is 1. The number of nitrogens with two attached hydrogens (primary N) is 1. The standard InChI is InChI=1S/C27H31FN8O/c1-19-9-14-35(23-17-22(32-33-27(23)29)21-5-2-3-6-24(21)37)15-16-36(19)26-8-11-30-25(31-26)7-4-12-34-13-10-20(28)18-34/h2-3,5-6,8,11,17,19-20,37H,9-10,12-16,18H2,1H3,(H2,29,33)/t19-,20-/m0/s1. The minimum absolute atomic E-state index is 0.151. The summed E-state index contributed by atoms with van der Waals surface area (Å²) in [4.78, 5) is 15.5. The Morgan fingerprint density at radius 2 is 1.97 bits per heavy atom. The molecule has 0 aliphatic carbocycles. The molecule has 2 saturated heterocycles. The van der Waals surface area contributed by atoms with Gasteiger partial charge < -0.3 is 20.6 Å². The van der Waals surface area contributed by atoms with E-state index >= 15 is 0 Å². The second-order valence-corrected chi connectivity index (χ2v) is 9.50. The van der Waals surface area contributed by atoms with Gasteiger partial charge in [0, 0.05) is 50.5 Å². The lowest BCUT2D eigenvalue weighted by molar-refractivity contribution is 0.308. The van der Waals surface area contributed by atoms with Gasteiger partial charge in [0.1, 0.15) is 17.7 Å². The number of phenols is 1. The van der Waals surface area contributed by atoms with Crippen molar-refractivity contribution in [2.45, 2.75) is 32.0 Å². The number of aromatic nitrogens is 4. The van der Waals surface area contributed by atoms with E-state index in [1.807, 2.05) is 29.2 Å². The number of nitrogens with zero attached hydrogens (tertiary/aromatic N) is 7. The SMILES string of the molecule is C[C@H]1CCN(c2cc(-c3ccccc3O)nnc2N)CCN1c1ccnc(C#CCN2CC[C@H](F)C2)n1. The first-order valence-corrected chi connectivity index (χ1v) is 12.6. The maximum atomic E-state index is 13.4. The van der Waals surface area contributed by atoms with Gasteiger partial charge in [-0.2, -0.15) is 0 Å². The van der Waals surface area contributed by atoms with E-state index in [4.69, 9.17) is 10.7 Å². The van der Waals surface area contributed by atoms with Crippen molar-refractivity contribution in [1.29, 1.82) is 0 Å². The Balaban J connectivity index is 1.30. The van der Waals surface area contributed by atoms with Crippen molar-refractivity contribution in [2.75, 3.05) is 54.8 Å². The Morgan fingerprint density at radius 3 is 2.78 bits per heavy atom. The van der Waals surface area contributed by atoms with Gasteiger partial charge in [0.05, 0.1) is 17.9 Å². The summed E-state index contributed by atoms with van der Waals surface area (Å²) in [6.45, 7) is 6.12. The molecule has 0 saturated carbocycles. The molecule has 2 aliphatic rings. The molecule has 2 atom stereocenters. The van der Waals surface area contributed by atoms with E-state index in [2.05, 4.69) is 43.7 Å². The number of rotatable bonds is 4. The second-order valence-electron chi connectivity index (χ2n) is 9.50. The number of halogens is 1. The van der Waals surface area contributed by atoms with Crippen LogP contribution in [0.3, 0.4) is 0 Å². The molecule has 0 radical (unpaired) electrons. The quantitative estimate of drug-likeness (QED) is 0.521. The van der Waals surface area contributed by atoms with Crippen LogP contribution in [0.1, 0.15) is 25.6 Å². The number of hydrogen-bond donors (Lipinski definition) is 2. The van der Waals surface area contributed by atoms with E-state index < -0.39 is 6.17 Å². The van der Waals surface area contributed by atoms with Crippen LogP contribution in [-0.2, 0) is 0 Å². The van der Waals surface area contributed by atoms with Crippen LogP contribution in [0.5, 0.6) is 5.75 Å². The van der Waals surface area contributed by atoms with E-state index in [1.165, 1.54) is 0 Å². The zero-order valence-electron chi connectivity index (χ0n) is 20.9. The lowest BCUT2D eigenvalue weighted by atomic mass is 10.1. The molecule has 4 heterocycles. The lowest BCUT2D eigenvalue weighted by Crippen LogP contribution is -2.35. The minimum atomic E-state index is -0.749. The molecule has 37 heavy (non-hydrogen) atoms. The predicted octanol–water partition coefficient (Wildman–Crippen LogP) is 2.72. The van der Waals surface area contributed by atoms with E-state index in [0.29, 0.717) is 49.0 Å². The van der Waals surface area contributed by atoms with Gasteiger partial charge >= 0.3 is 0 Å². The van der Waals surface area contributed by atoms with Crippen molar-refractivity contribution in [3.05, 3.63) is 48.4 Å². The Morgan fingerprint density at radius 1 is 1.11 bits per heavy atom. The van der Waals surface area contributed by atoms with Gasteiger partial charge in [0.25, 0.3) is 0 Å². The summed E-state index contributed by atoms with van der Waals surface area (Å²) >= 11 is 0. The molecule has 3 aromatic rings. The summed E-state index contributed by atoms with van der Waals surface area (Å²) in [5.74, 6) is 7.93. The van der Waals surface area contributed by atoms with Crippen molar-refractivity contribution in [2.24, 2.45) is 0 Å². The highest BCUT2D eigenvalue weighted by molar-refractivity contribution is 5.74. The number of hydrogen-bond acceptors (Lipinski definition) is 9. The lowest BCUT2D eigenvalue weighted by Gasteiger charge is -2.28. The summed E-state index contributed by atoms with van der Waals surface area (Å²) in [7, 11) is 0. The summed E-state index contributed by atoms with van der Waals surface area (Å²) in [5, 5.41) is 18.6. The zero-order chi connectivity index (χ0) is 25.8. The first kappa shape index (κ1) is 24.7. The number of para-hydroxylation sites is 1. The average Bonchev–Trinajstić information content (AvgIpc) is 3.21. The van der Waals surface area contributed by atoms with Crippen molar-refractivity contribution >= 4 is 17.3 Å². The third-order valence-corrected chi connectivity index (χ3v) is 6.93. The second kappa shape index (κ2) is 11.0. The molecule has 10 heteroatoms. The van der Waals surface area contributed by atoms with Crippen LogP contribution >= 0.6 is 0 Å². The average molecular weight is 503 g/mol. The number of likely N-dealkylation sites (tertiary alicyclic amines) is 1. The number of alkyl halides is 1. The highest BCUT2D eigenvalue weighted by atomic mass is 19.1. The summed E-state index contributed by atoms with van der Waals surface area (Å²) in [5.41, 5.74) is 8.23. The van der Waals surface area contributed by atoms with Gasteiger partial charge in [-0.1, -0.05) is 18.1 Å². The monoisotopic (exact) mass is 502 g/mol. The fraction of sp³-hybridized carbons (Fsp3) is 0.407. The van der Waals surface area contributed by atoms with E-state index in [-0.39, 0.29) is 11.8 Å². The first-order valence-electron chi connectivity index (χ1n) is 12.6. The van der Waals surface area contributed by atoms with Crippen LogP contribution in [0.25, 0.3) is 11.3 Å². The van der Waals surface area contributed by atoms with E-state index in [0.717, 1.165) is 37.6 Å². The Bertz CT molecular complexity index is 1310. The van der Waals surface area contributed by atoms with Crippen molar-refractivity contribution in [3.8, 4) is 28.8 Å². The van der Waals surface area contributed by atoms with Crippen LogP contribution in [0.4, 0.5) is 21.7 Å². The molecule has 5 rings (SSSR count). The maximum Gasteiger partial charge on any atom is 0.206 e. The number of aromatic hydroxyl groups is 1. The van der Waals surface area contributed by atoms with Crippen LogP contribution in [-0.4, -0.2) is 81.7 Å². The van der Waals surface area contributed by atoms with Gasteiger partial charge in [0.15, 0.2) is 5.82 Å². The molecule has 0 amide bonds. The van der Waals surface area contributed by atoms with E-state index in [1.54, 1.807) is 18.3 Å². The molecule has 3 N–H and O–H groups in total. The molecule has 2 aliphatic heterocycles. The van der Waals surface area contributed by atoms with Gasteiger partial charge in [-0.25, -0.2) is 14.4 Å². The number of anilines is 3. The van der Waals surface area contributed by atoms with Gasteiger partial charge in [0.2, 0.25) is 5.82 Å². The molecule has 0 unspecified atom stereocenters. The van der Waals surface area contributed by atoms with Gasteiger partial charge in [-0.15, -0.1) is 10.2 Å². The highest BCUT2D eigenvalue weighted by Crippen LogP contribution is 2.32. The van der Waals surface area contributed by atoms with Crippen molar-refractivity contribution in [1.82, 2.24) is 25.1 Å². The van der Waals surface area contributed by atoms with Crippen LogP contribution in [0.15, 0.2) is 42.6 Å². The predicted molar refractivity (Wildman–Crippen MR) is 142 cm³/mol. The Kier molecular flexibility index (Phi) is 7.32. The minimum Gasteiger partial charge on any atom is -0.507 e. The Labute approximate surface area is 216 Å². The van der Waals surface area contributed by atoms with Crippen molar-refractivity contribution < 1.29 is 9.50 Å². The molecule has 0 bridgehead atoms. The summed E-state index contributed by atoms with van der Waals surface area (Å²) in [6.07, 6.45) is 2.45. The topological polar surface area (TPSA) is 108 Å². The van der Waals surface area contributed by atoms with Crippen LogP contribution < -0.4 is 15.5 Å². The number of phenolic OH excluding ortho intramolecular Hbond substituents is 1. The zero-order valence-corrected chi connectivity index (χ0v) is 20.9. The van der Waals surface area contributed by atoms with Crippen LogP contribution in [0, 0.1) is 11.8 Å². The fourth-order valence-corrected chi connectivity index (χ4v) is 4.84. The summed E-state index contributed by atoms with van der Waals surface area (Å²) in [6, 6.07) is 11.1. The molecular formula is C27H31FN8O. The third kappa shape index (κ3) is 5.73. The molecule has 1 aromatic carbocycles. The molecule has 0 spiro atoms. The first-order chi connectivity index (χ1) is 18.0. The highest BCUT2D eigenvalue weighted by Gasteiger charge is 2.25. The maximum absolute atomic E-state index is 13.4. The van der Waals surface area contributed by atoms with Gasteiger partial charge in [-0.3, -0.25) is 4.90 Å². The largest absolute Gasteiger partial charge is 0.507 e. The third-order valence-electron chi connectivity index (χ3n) is 6.93. The molecular weight excluding hydrogens is 471 g/mol. The van der Waals surface area contributed by atoms with E-state index in [9.17, 15) is 9.50 Å². The van der Waals surface area contributed by atoms with Gasteiger partial charge in [-0.05, 0) is 50.0 Å². The van der Waals surface area contributed by atoms with Crippen molar-refractivity contribution in [3.63, 3.8) is 0 Å². The van der Waals surface area contributed by atoms with Crippen LogP contribution in [0.2, 0.25) is 0 Å². The molecule has 9 nitrogen and oxygen atoms in total. The molecule has 2 fully saturated rings. The fourth-order valence-electron chi connectivity index (χ4n) is 4.84. The Hall–Kier alpha value is -3.97. The smallest absolute Gasteiger partial charge is 0.206 e. The molecule has 192 valence electrons. The molecule has 2 aromatic heterocycles. The summed E-state index contributed by atoms with van der Waals surface area (Å²) < 4.78 is 13.4.